The fourth-order valence-electron chi connectivity index (χ4n) is 3.61. The van der Waals surface area contributed by atoms with E-state index in [1.165, 1.54) is 6.42 Å². The van der Waals surface area contributed by atoms with E-state index in [4.69, 9.17) is 0 Å². The van der Waals surface area contributed by atoms with Gasteiger partial charge in [0.25, 0.3) is 0 Å². The molecule has 6 heteroatoms. The van der Waals surface area contributed by atoms with Gasteiger partial charge in [0.15, 0.2) is 9.84 Å². The first-order chi connectivity index (χ1) is 12.3. The van der Waals surface area contributed by atoms with E-state index < -0.39 is 27.1 Å². The molecule has 1 atom stereocenters. The lowest BCUT2D eigenvalue weighted by Gasteiger charge is -2.35. The first kappa shape index (κ1) is 20.9. The number of nitrogens with one attached hydrogen (secondary N) is 1. The Morgan fingerprint density at radius 3 is 2.50 bits per heavy atom. The van der Waals surface area contributed by atoms with Crippen LogP contribution in [0, 0.1) is 5.92 Å². The Balaban J connectivity index is 1.73. The molecule has 1 saturated carbocycles. The molecule has 1 aliphatic carbocycles. The lowest BCUT2D eigenvalue weighted by Crippen LogP contribution is -2.47. The summed E-state index contributed by atoms with van der Waals surface area (Å²) in [6, 6.07) is 9.71. The highest BCUT2D eigenvalue weighted by Crippen LogP contribution is 2.32. The summed E-state index contributed by atoms with van der Waals surface area (Å²) in [4.78, 5) is 12.0. The van der Waals surface area contributed by atoms with Crippen LogP contribution in [0.4, 0.5) is 0 Å². The predicted octanol–water partition coefficient (Wildman–Crippen LogP) is 2.48. The van der Waals surface area contributed by atoms with Crippen molar-refractivity contribution in [3.8, 4) is 0 Å². The molecule has 0 aliphatic heterocycles. The van der Waals surface area contributed by atoms with E-state index in [1.807, 2.05) is 30.3 Å². The Bertz CT molecular complexity index is 664. The highest BCUT2D eigenvalue weighted by atomic mass is 32.2. The third-order valence-electron chi connectivity index (χ3n) is 5.24. The van der Waals surface area contributed by atoms with Gasteiger partial charge in [-0.25, -0.2) is 8.42 Å². The number of benzene rings is 1. The average Bonchev–Trinajstić information content (AvgIpc) is 2.61. The predicted molar refractivity (Wildman–Crippen MR) is 104 cm³/mol. The molecule has 0 saturated heterocycles. The zero-order valence-corrected chi connectivity index (χ0v) is 16.4. The van der Waals surface area contributed by atoms with E-state index >= 15 is 0 Å². The SMILES string of the molecule is CC(O)(CNC(=O)CS(=O)(=O)CCCc1ccccc1)C1CCCCC1. The third kappa shape index (κ3) is 7.08. The summed E-state index contributed by atoms with van der Waals surface area (Å²) in [6.07, 6.45) is 6.49. The van der Waals surface area contributed by atoms with Gasteiger partial charge in [0.2, 0.25) is 5.91 Å². The molecule has 2 rings (SSSR count). The van der Waals surface area contributed by atoms with Crippen LogP contribution in [0.15, 0.2) is 30.3 Å². The summed E-state index contributed by atoms with van der Waals surface area (Å²) in [5, 5.41) is 13.2. The van der Waals surface area contributed by atoms with E-state index in [9.17, 15) is 18.3 Å². The van der Waals surface area contributed by atoms with Crippen molar-refractivity contribution >= 4 is 15.7 Å². The molecule has 5 nitrogen and oxygen atoms in total. The van der Waals surface area contributed by atoms with Gasteiger partial charge in [-0.3, -0.25) is 4.79 Å². The molecule has 1 aromatic carbocycles. The minimum absolute atomic E-state index is 0.00562. The van der Waals surface area contributed by atoms with Crippen molar-refractivity contribution in [2.75, 3.05) is 18.1 Å². The molecule has 1 fully saturated rings. The minimum atomic E-state index is -3.44. The number of hydrogen-bond donors (Lipinski definition) is 2. The van der Waals surface area contributed by atoms with Crippen LogP contribution < -0.4 is 5.32 Å². The van der Waals surface area contributed by atoms with Crippen molar-refractivity contribution in [2.45, 2.75) is 57.5 Å². The number of sulfone groups is 1. The maximum absolute atomic E-state index is 12.1. The van der Waals surface area contributed by atoms with Gasteiger partial charge in [-0.2, -0.15) is 0 Å². The van der Waals surface area contributed by atoms with Gasteiger partial charge in [-0.1, -0.05) is 49.6 Å². The van der Waals surface area contributed by atoms with Crippen molar-refractivity contribution in [1.29, 1.82) is 0 Å². The first-order valence-electron chi connectivity index (χ1n) is 9.52. The van der Waals surface area contributed by atoms with Crippen molar-refractivity contribution in [3.05, 3.63) is 35.9 Å². The summed E-state index contributed by atoms with van der Waals surface area (Å²) in [7, 11) is -3.44. The quantitative estimate of drug-likeness (QED) is 0.688. The number of carbonyl (C=O) groups excluding carboxylic acids is 1. The lowest BCUT2D eigenvalue weighted by molar-refractivity contribution is -0.120. The standard InChI is InChI=1S/C20H31NO4S/c1-20(23,18-12-6-3-7-13-18)16-21-19(22)15-26(24,25)14-8-11-17-9-4-2-5-10-17/h2,4-5,9-10,18,23H,3,6-8,11-16H2,1H3,(H,21,22). The van der Waals surface area contributed by atoms with Gasteiger partial charge >= 0.3 is 0 Å². The largest absolute Gasteiger partial charge is 0.388 e. The van der Waals surface area contributed by atoms with Crippen LogP contribution in [0.3, 0.4) is 0 Å². The van der Waals surface area contributed by atoms with Gasteiger partial charge in [-0.05, 0) is 44.1 Å². The minimum Gasteiger partial charge on any atom is -0.388 e. The zero-order chi connectivity index (χ0) is 19.0. The molecule has 2 N–H and O–H groups in total. The highest BCUT2D eigenvalue weighted by molar-refractivity contribution is 7.92. The Kier molecular flexibility index (Phi) is 7.65. The maximum Gasteiger partial charge on any atom is 0.235 e. The molecular weight excluding hydrogens is 350 g/mol. The molecule has 1 unspecified atom stereocenters. The number of amides is 1. The van der Waals surface area contributed by atoms with E-state index in [2.05, 4.69) is 5.32 Å². The molecule has 146 valence electrons. The van der Waals surface area contributed by atoms with E-state index in [-0.39, 0.29) is 18.2 Å². The monoisotopic (exact) mass is 381 g/mol. The van der Waals surface area contributed by atoms with Crippen molar-refractivity contribution in [2.24, 2.45) is 5.92 Å². The van der Waals surface area contributed by atoms with Crippen LogP contribution in [-0.4, -0.2) is 43.1 Å². The second kappa shape index (κ2) is 9.51. The maximum atomic E-state index is 12.1. The topological polar surface area (TPSA) is 83.5 Å². The number of rotatable bonds is 9. The molecule has 1 aliphatic rings. The van der Waals surface area contributed by atoms with Crippen LogP contribution in [-0.2, 0) is 21.1 Å². The van der Waals surface area contributed by atoms with Crippen molar-refractivity contribution < 1.29 is 18.3 Å². The smallest absolute Gasteiger partial charge is 0.235 e. The molecule has 1 aromatic rings. The second-order valence-electron chi connectivity index (χ2n) is 7.65. The highest BCUT2D eigenvalue weighted by Gasteiger charge is 2.33. The van der Waals surface area contributed by atoms with Gasteiger partial charge in [-0.15, -0.1) is 0 Å². The zero-order valence-electron chi connectivity index (χ0n) is 15.6. The molecule has 0 aromatic heterocycles. The Labute approximate surface area is 157 Å². The molecular formula is C20H31NO4S. The fourth-order valence-corrected chi connectivity index (χ4v) is 4.84. The summed E-state index contributed by atoms with van der Waals surface area (Å²) in [5.41, 5.74) is 0.114. The molecule has 0 heterocycles. The van der Waals surface area contributed by atoms with Crippen LogP contribution in [0.1, 0.15) is 51.0 Å². The van der Waals surface area contributed by atoms with Gasteiger partial charge < -0.3 is 10.4 Å². The van der Waals surface area contributed by atoms with Gasteiger partial charge in [0.1, 0.15) is 5.75 Å². The van der Waals surface area contributed by atoms with E-state index in [0.717, 1.165) is 31.2 Å². The van der Waals surface area contributed by atoms with Crippen LogP contribution >= 0.6 is 0 Å². The van der Waals surface area contributed by atoms with E-state index in [1.54, 1.807) is 6.92 Å². The Morgan fingerprint density at radius 2 is 1.85 bits per heavy atom. The van der Waals surface area contributed by atoms with Crippen LogP contribution in [0.2, 0.25) is 0 Å². The van der Waals surface area contributed by atoms with Crippen LogP contribution in [0.25, 0.3) is 0 Å². The van der Waals surface area contributed by atoms with Crippen molar-refractivity contribution in [3.63, 3.8) is 0 Å². The van der Waals surface area contributed by atoms with Gasteiger partial charge in [0.05, 0.1) is 11.4 Å². The summed E-state index contributed by atoms with van der Waals surface area (Å²) in [5.74, 6) is -0.878. The lowest BCUT2D eigenvalue weighted by atomic mass is 9.78. The van der Waals surface area contributed by atoms with Crippen LogP contribution in [0.5, 0.6) is 0 Å². The number of aryl methyl sites for hydroxylation is 1. The van der Waals surface area contributed by atoms with E-state index in [0.29, 0.717) is 12.8 Å². The molecule has 0 bridgehead atoms. The normalized spacial score (nSPS) is 18.2. The van der Waals surface area contributed by atoms with Gasteiger partial charge in [0, 0.05) is 6.54 Å². The number of hydrogen-bond acceptors (Lipinski definition) is 4. The number of aliphatic hydroxyl groups is 1. The summed E-state index contributed by atoms with van der Waals surface area (Å²) < 4.78 is 24.3. The third-order valence-corrected chi connectivity index (χ3v) is 6.86. The Morgan fingerprint density at radius 1 is 1.19 bits per heavy atom. The number of carbonyl (C=O) groups is 1. The fraction of sp³-hybridized carbons (Fsp3) is 0.650. The Hall–Kier alpha value is -1.40. The van der Waals surface area contributed by atoms with Crippen molar-refractivity contribution in [1.82, 2.24) is 5.32 Å². The average molecular weight is 382 g/mol. The molecule has 0 radical (unpaired) electrons. The molecule has 26 heavy (non-hydrogen) atoms. The summed E-state index contributed by atoms with van der Waals surface area (Å²) in [6.45, 7) is 1.84. The summed E-state index contributed by atoms with van der Waals surface area (Å²) >= 11 is 0. The second-order valence-corrected chi connectivity index (χ2v) is 9.83. The molecule has 0 spiro atoms. The first-order valence-corrected chi connectivity index (χ1v) is 11.3. The molecule has 1 amide bonds.